The predicted octanol–water partition coefficient (Wildman–Crippen LogP) is 9.36. The van der Waals surface area contributed by atoms with Crippen LogP contribution in [0.5, 0.6) is 0 Å². The Balaban J connectivity index is 1.57. The largest absolute Gasteiger partial charge is 0.143 e. The Labute approximate surface area is 265 Å². The Morgan fingerprint density at radius 2 is 0.651 bits per heavy atom. The minimum absolute atomic E-state index is 0.686. The van der Waals surface area contributed by atoms with Gasteiger partial charge >= 0.3 is 0 Å². The molecule has 0 spiro atoms. The molecule has 0 saturated heterocycles. The number of thiophene rings is 1. The molecule has 0 radical (unpaired) electrons. The first-order valence-electron chi connectivity index (χ1n) is 16.4. The lowest BCUT2D eigenvalue weighted by Crippen LogP contribution is -2.36. The Bertz CT molecular complexity index is 1370. The molecule has 2 aliphatic carbocycles. The maximum absolute atomic E-state index is 2.42. The fraction of sp³-hybridized carbons (Fsp3) is 0.300. The fourth-order valence-corrected chi connectivity index (χ4v) is 15.3. The molecule has 2 aliphatic rings. The third kappa shape index (κ3) is 6.33. The summed E-state index contributed by atoms with van der Waals surface area (Å²) >= 11 is 2.27. The number of rotatable bonds is 8. The molecule has 0 bridgehead atoms. The summed E-state index contributed by atoms with van der Waals surface area (Å²) in [4.78, 5) is 3.49. The van der Waals surface area contributed by atoms with Crippen LogP contribution < -0.4 is 31.8 Å². The Morgan fingerprint density at radius 3 is 0.930 bits per heavy atom. The van der Waals surface area contributed by atoms with Gasteiger partial charge in [-0.15, -0.1) is 11.3 Å². The monoisotopic (exact) mass is 616 g/mol. The molecule has 0 amide bonds. The summed E-state index contributed by atoms with van der Waals surface area (Å²) < 4.78 is 0. The molecule has 0 unspecified atom stereocenters. The molecule has 0 nitrogen and oxygen atoms in total. The van der Waals surface area contributed by atoms with E-state index >= 15 is 0 Å². The van der Waals surface area contributed by atoms with Crippen LogP contribution in [0.25, 0.3) is 0 Å². The van der Waals surface area contributed by atoms with Crippen molar-refractivity contribution in [1.29, 1.82) is 0 Å². The van der Waals surface area contributed by atoms with Gasteiger partial charge in [0.1, 0.15) is 0 Å². The highest BCUT2D eigenvalue weighted by Crippen LogP contribution is 2.50. The van der Waals surface area contributed by atoms with Crippen LogP contribution in [0.15, 0.2) is 121 Å². The normalized spacial score (nSPS) is 16.6. The van der Waals surface area contributed by atoms with Gasteiger partial charge < -0.3 is 0 Å². The molecule has 0 N–H and O–H groups in total. The van der Waals surface area contributed by atoms with Crippen molar-refractivity contribution in [2.24, 2.45) is 0 Å². The molecule has 0 aliphatic heterocycles. The second-order valence-corrected chi connectivity index (χ2v) is 17.6. The number of benzene rings is 4. The fourth-order valence-electron chi connectivity index (χ4n) is 7.29. The van der Waals surface area contributed by atoms with Crippen molar-refractivity contribution in [2.45, 2.75) is 76.0 Å². The van der Waals surface area contributed by atoms with E-state index in [1.54, 1.807) is 20.4 Å². The summed E-state index contributed by atoms with van der Waals surface area (Å²) in [5.41, 5.74) is 0. The van der Waals surface area contributed by atoms with E-state index in [1.165, 1.54) is 85.4 Å². The minimum atomic E-state index is -0.699. The summed E-state index contributed by atoms with van der Waals surface area (Å²) in [6.07, 6.45) is 13.7. The summed E-state index contributed by atoms with van der Waals surface area (Å²) in [5, 5.41) is 9.42. The molecule has 0 atom stereocenters. The quantitative estimate of drug-likeness (QED) is 0.152. The van der Waals surface area contributed by atoms with Gasteiger partial charge in [-0.25, -0.2) is 0 Å². The Kier molecular flexibility index (Phi) is 9.52. The lowest BCUT2D eigenvalue weighted by Gasteiger charge is -2.30. The second-order valence-electron chi connectivity index (χ2n) is 12.2. The van der Waals surface area contributed by atoms with Crippen LogP contribution in [-0.2, 0) is 0 Å². The lowest BCUT2D eigenvalue weighted by molar-refractivity contribution is 0.448. The predicted molar refractivity (Wildman–Crippen MR) is 193 cm³/mol. The van der Waals surface area contributed by atoms with Crippen LogP contribution in [0, 0.1) is 0 Å². The maximum atomic E-state index is 2.42. The van der Waals surface area contributed by atoms with Crippen molar-refractivity contribution in [3.63, 3.8) is 0 Å². The second kappa shape index (κ2) is 14.0. The van der Waals surface area contributed by atoms with E-state index in [2.05, 4.69) is 133 Å². The molecule has 7 rings (SSSR count). The SMILES string of the molecule is c1ccc(P(c2ccccc2)c2c(C3CCCCC3)sc(C3CCCCC3)c2P(c2ccccc2)c2ccccc2)cc1. The Hall–Kier alpha value is -2.56. The molecule has 2 saturated carbocycles. The average Bonchev–Trinajstić information content (AvgIpc) is 3.47. The van der Waals surface area contributed by atoms with Crippen LogP contribution in [0.2, 0.25) is 0 Å². The lowest BCUT2D eigenvalue weighted by atomic mass is 9.87. The third-order valence-corrected chi connectivity index (χ3v) is 16.4. The van der Waals surface area contributed by atoms with E-state index in [4.69, 9.17) is 0 Å². The molecule has 5 aromatic rings. The standard InChI is InChI=1S/C40H42P2S/c1-7-19-31(20-8-1)39-37(41(33-23-11-3-12-24-33)34-25-13-4-14-26-34)38(40(43-39)32-21-9-2-10-22-32)42(35-27-15-5-16-28-35)36-29-17-6-18-30-36/h3-6,11-18,23-32H,1-2,7-10,19-22H2. The topological polar surface area (TPSA) is 0 Å². The van der Waals surface area contributed by atoms with Crippen molar-refractivity contribution < 1.29 is 0 Å². The van der Waals surface area contributed by atoms with Gasteiger partial charge in [0.2, 0.25) is 0 Å². The van der Waals surface area contributed by atoms with E-state index in [0.717, 1.165) is 0 Å². The van der Waals surface area contributed by atoms with Gasteiger partial charge in [-0.05, 0) is 74.6 Å². The van der Waals surface area contributed by atoms with E-state index in [1.807, 2.05) is 0 Å². The summed E-state index contributed by atoms with van der Waals surface area (Å²) in [6.45, 7) is 0. The van der Waals surface area contributed by atoms with E-state index in [9.17, 15) is 0 Å². The zero-order chi connectivity index (χ0) is 28.8. The molecule has 3 heteroatoms. The first-order chi connectivity index (χ1) is 21.4. The first-order valence-corrected chi connectivity index (χ1v) is 19.9. The maximum Gasteiger partial charge on any atom is 0.0170 e. The molecule has 1 aromatic heterocycles. The van der Waals surface area contributed by atoms with Gasteiger partial charge in [-0.2, -0.15) is 0 Å². The Morgan fingerprint density at radius 1 is 0.372 bits per heavy atom. The van der Waals surface area contributed by atoms with Gasteiger partial charge in [0, 0.05) is 20.4 Å². The van der Waals surface area contributed by atoms with Crippen LogP contribution in [0.1, 0.15) is 85.8 Å². The number of hydrogen-bond donors (Lipinski definition) is 0. The van der Waals surface area contributed by atoms with Gasteiger partial charge in [-0.1, -0.05) is 160 Å². The van der Waals surface area contributed by atoms with Crippen LogP contribution in [-0.4, -0.2) is 0 Å². The molecular formula is C40H42P2S. The highest BCUT2D eigenvalue weighted by Gasteiger charge is 2.37. The van der Waals surface area contributed by atoms with Gasteiger partial charge in [-0.3, -0.25) is 0 Å². The molecule has 43 heavy (non-hydrogen) atoms. The van der Waals surface area contributed by atoms with E-state index in [-0.39, 0.29) is 0 Å². The van der Waals surface area contributed by atoms with Crippen LogP contribution in [0.4, 0.5) is 0 Å². The highest BCUT2D eigenvalue weighted by molar-refractivity contribution is 7.86. The minimum Gasteiger partial charge on any atom is -0.143 e. The van der Waals surface area contributed by atoms with Crippen molar-refractivity contribution in [3.05, 3.63) is 131 Å². The zero-order valence-electron chi connectivity index (χ0n) is 25.1. The molecule has 218 valence electrons. The molecule has 2 fully saturated rings. The van der Waals surface area contributed by atoms with Crippen LogP contribution in [0.3, 0.4) is 0 Å². The number of hydrogen-bond acceptors (Lipinski definition) is 1. The third-order valence-electron chi connectivity index (χ3n) is 9.37. The first kappa shape index (κ1) is 29.2. The molecular weight excluding hydrogens is 574 g/mol. The molecule has 1 heterocycles. The van der Waals surface area contributed by atoms with Crippen molar-refractivity contribution in [1.82, 2.24) is 0 Å². The summed E-state index contributed by atoms with van der Waals surface area (Å²) in [5.74, 6) is 1.37. The zero-order valence-corrected chi connectivity index (χ0v) is 27.7. The van der Waals surface area contributed by atoms with Gasteiger partial charge in [0.05, 0.1) is 0 Å². The van der Waals surface area contributed by atoms with E-state index in [0.29, 0.717) is 11.8 Å². The van der Waals surface area contributed by atoms with Crippen molar-refractivity contribution >= 4 is 59.0 Å². The van der Waals surface area contributed by atoms with E-state index < -0.39 is 15.8 Å². The summed E-state index contributed by atoms with van der Waals surface area (Å²) in [7, 11) is -1.40. The van der Waals surface area contributed by atoms with Crippen LogP contribution >= 0.6 is 27.2 Å². The van der Waals surface area contributed by atoms with Crippen molar-refractivity contribution in [3.8, 4) is 0 Å². The molecule has 4 aromatic carbocycles. The smallest absolute Gasteiger partial charge is 0.0170 e. The highest BCUT2D eigenvalue weighted by atomic mass is 32.1. The average molecular weight is 617 g/mol. The van der Waals surface area contributed by atoms with Crippen molar-refractivity contribution in [2.75, 3.05) is 0 Å². The van der Waals surface area contributed by atoms with Gasteiger partial charge in [0.25, 0.3) is 0 Å². The summed E-state index contributed by atoms with van der Waals surface area (Å²) in [6, 6.07) is 46.2. The van der Waals surface area contributed by atoms with Gasteiger partial charge in [0.15, 0.2) is 0 Å².